The highest BCUT2D eigenvalue weighted by molar-refractivity contribution is 6.31. The number of halogens is 1. The molecular formula is C17H22ClNO5. The van der Waals surface area contributed by atoms with Crippen molar-refractivity contribution in [1.82, 2.24) is 4.90 Å². The third kappa shape index (κ3) is 3.82. The Morgan fingerprint density at radius 3 is 2.79 bits per heavy atom. The van der Waals surface area contributed by atoms with Gasteiger partial charge in [-0.05, 0) is 31.0 Å². The largest absolute Gasteiger partial charge is 0.493 e. The summed E-state index contributed by atoms with van der Waals surface area (Å²) >= 11 is 6.02. The Labute approximate surface area is 146 Å². The molecule has 132 valence electrons. The summed E-state index contributed by atoms with van der Waals surface area (Å²) in [6.07, 6.45) is 1.17. The Bertz CT molecular complexity index is 621. The lowest BCUT2D eigenvalue weighted by Crippen LogP contribution is -2.40. The monoisotopic (exact) mass is 355 g/mol. The lowest BCUT2D eigenvalue weighted by Gasteiger charge is -2.24. The Hall–Kier alpha value is -1.79. The zero-order chi connectivity index (χ0) is 17.7. The van der Waals surface area contributed by atoms with Crippen LogP contribution in [0.25, 0.3) is 0 Å². The number of ether oxygens (including phenoxy) is 2. The van der Waals surface area contributed by atoms with Gasteiger partial charge in [-0.25, -0.2) is 0 Å². The molecule has 0 saturated carbocycles. The number of hydrogen-bond acceptors (Lipinski definition) is 4. The van der Waals surface area contributed by atoms with Crippen molar-refractivity contribution in [3.63, 3.8) is 0 Å². The highest BCUT2D eigenvalue weighted by Gasteiger charge is 2.46. The molecule has 0 radical (unpaired) electrons. The van der Waals surface area contributed by atoms with Crippen molar-refractivity contribution < 1.29 is 24.2 Å². The second-order valence-corrected chi connectivity index (χ2v) is 6.42. The molecule has 0 bridgehead atoms. The molecule has 1 aromatic rings. The van der Waals surface area contributed by atoms with Gasteiger partial charge >= 0.3 is 5.97 Å². The smallest absolute Gasteiger partial charge is 0.313 e. The van der Waals surface area contributed by atoms with Crippen LogP contribution in [0.15, 0.2) is 18.2 Å². The fourth-order valence-corrected chi connectivity index (χ4v) is 3.03. The van der Waals surface area contributed by atoms with Crippen LogP contribution in [0.3, 0.4) is 0 Å². The van der Waals surface area contributed by atoms with Crippen LogP contribution < -0.4 is 4.74 Å². The molecule has 1 heterocycles. The highest BCUT2D eigenvalue weighted by Crippen LogP contribution is 2.34. The van der Waals surface area contributed by atoms with Gasteiger partial charge in [0.2, 0.25) is 0 Å². The van der Waals surface area contributed by atoms with Crippen molar-refractivity contribution >= 4 is 23.5 Å². The number of carboxylic acids is 1. The summed E-state index contributed by atoms with van der Waals surface area (Å²) in [5.41, 5.74) is -0.706. The van der Waals surface area contributed by atoms with Crippen molar-refractivity contribution in [3.05, 3.63) is 28.8 Å². The molecule has 1 aromatic carbocycles. The van der Waals surface area contributed by atoms with E-state index in [0.29, 0.717) is 35.9 Å². The average molecular weight is 356 g/mol. The lowest BCUT2D eigenvalue weighted by molar-refractivity contribution is -0.151. The summed E-state index contributed by atoms with van der Waals surface area (Å²) < 4.78 is 10.7. The number of carboxylic acid groups (broad SMARTS) is 1. The number of likely N-dealkylation sites (tertiary alicyclic amines) is 1. The van der Waals surface area contributed by atoms with Crippen LogP contribution in [0.1, 0.15) is 30.1 Å². The van der Waals surface area contributed by atoms with E-state index in [2.05, 4.69) is 0 Å². The van der Waals surface area contributed by atoms with Crippen LogP contribution in [0.2, 0.25) is 5.02 Å². The van der Waals surface area contributed by atoms with E-state index in [0.717, 1.165) is 6.42 Å². The maximum absolute atomic E-state index is 12.9. The van der Waals surface area contributed by atoms with Crippen molar-refractivity contribution in [2.45, 2.75) is 19.8 Å². The molecule has 2 rings (SSSR count). The maximum Gasteiger partial charge on any atom is 0.313 e. The number of benzene rings is 1. The van der Waals surface area contributed by atoms with Crippen LogP contribution >= 0.6 is 11.6 Å². The molecule has 1 atom stereocenters. The number of aliphatic carboxylic acids is 1. The molecule has 6 nitrogen and oxygen atoms in total. The van der Waals surface area contributed by atoms with Crippen LogP contribution in [0.5, 0.6) is 5.75 Å². The van der Waals surface area contributed by atoms with E-state index in [1.807, 2.05) is 6.92 Å². The van der Waals surface area contributed by atoms with Gasteiger partial charge in [0.1, 0.15) is 11.2 Å². The van der Waals surface area contributed by atoms with Crippen LogP contribution in [0, 0.1) is 5.41 Å². The third-order valence-electron chi connectivity index (χ3n) is 4.15. The van der Waals surface area contributed by atoms with E-state index in [1.54, 1.807) is 18.2 Å². The number of carbonyl (C=O) groups is 2. The molecule has 1 aliphatic heterocycles. The normalized spacial score (nSPS) is 20.2. The lowest BCUT2D eigenvalue weighted by atomic mass is 9.88. The molecule has 1 aliphatic rings. The van der Waals surface area contributed by atoms with E-state index in [4.69, 9.17) is 21.1 Å². The molecule has 7 heteroatoms. The predicted molar refractivity (Wildman–Crippen MR) is 89.7 cm³/mol. The SMILES string of the molecule is CCCOc1ccc(Cl)cc1C(=O)N1CCC(COC)(C(=O)O)C1. The molecule has 0 spiro atoms. The second kappa shape index (κ2) is 7.85. The van der Waals surface area contributed by atoms with Crippen LogP contribution in [-0.2, 0) is 9.53 Å². The minimum atomic E-state index is -1.06. The molecular weight excluding hydrogens is 334 g/mol. The summed E-state index contributed by atoms with van der Waals surface area (Å²) in [7, 11) is 1.46. The van der Waals surface area contributed by atoms with Gasteiger partial charge in [-0.3, -0.25) is 9.59 Å². The third-order valence-corrected chi connectivity index (χ3v) is 4.38. The molecule has 1 amide bonds. The Morgan fingerprint density at radius 1 is 1.42 bits per heavy atom. The van der Waals surface area contributed by atoms with E-state index in [-0.39, 0.29) is 19.1 Å². The van der Waals surface area contributed by atoms with Crippen molar-refractivity contribution in [2.75, 3.05) is 33.4 Å². The van der Waals surface area contributed by atoms with Gasteiger partial charge in [-0.2, -0.15) is 0 Å². The summed E-state index contributed by atoms with van der Waals surface area (Å²) in [4.78, 5) is 26.0. The van der Waals surface area contributed by atoms with E-state index in [1.165, 1.54) is 12.0 Å². The van der Waals surface area contributed by atoms with Crippen molar-refractivity contribution in [1.29, 1.82) is 0 Å². The second-order valence-electron chi connectivity index (χ2n) is 5.98. The van der Waals surface area contributed by atoms with Gasteiger partial charge in [-0.1, -0.05) is 18.5 Å². The maximum atomic E-state index is 12.9. The summed E-state index contributed by atoms with van der Waals surface area (Å²) in [5.74, 6) is -0.762. The van der Waals surface area contributed by atoms with Gasteiger partial charge < -0.3 is 19.5 Å². The average Bonchev–Trinajstić information content (AvgIpc) is 2.99. The first kappa shape index (κ1) is 18.5. The van der Waals surface area contributed by atoms with Gasteiger partial charge in [0.15, 0.2) is 0 Å². The van der Waals surface area contributed by atoms with Gasteiger partial charge in [0.25, 0.3) is 5.91 Å². The Morgan fingerprint density at radius 2 is 2.17 bits per heavy atom. The van der Waals surface area contributed by atoms with Gasteiger partial charge in [-0.15, -0.1) is 0 Å². The number of amides is 1. The molecule has 1 saturated heterocycles. The number of hydrogen-bond donors (Lipinski definition) is 1. The number of nitrogens with zero attached hydrogens (tertiary/aromatic N) is 1. The number of rotatable bonds is 7. The topological polar surface area (TPSA) is 76.1 Å². The van der Waals surface area contributed by atoms with Crippen LogP contribution in [0.4, 0.5) is 0 Å². The molecule has 1 unspecified atom stereocenters. The fraction of sp³-hybridized carbons (Fsp3) is 0.529. The standard InChI is InChI=1S/C17H22ClNO5/c1-3-8-24-14-5-4-12(18)9-13(14)15(20)19-7-6-17(10-19,11-23-2)16(21)22/h4-5,9H,3,6-8,10-11H2,1-2H3,(H,21,22). The Kier molecular flexibility index (Phi) is 6.07. The van der Waals surface area contributed by atoms with E-state index >= 15 is 0 Å². The summed E-state index contributed by atoms with van der Waals surface area (Å²) in [5, 5.41) is 9.95. The van der Waals surface area contributed by atoms with Gasteiger partial charge in [0, 0.05) is 25.2 Å². The summed E-state index contributed by atoms with van der Waals surface area (Å²) in [6, 6.07) is 4.90. The van der Waals surface area contributed by atoms with Crippen LogP contribution in [-0.4, -0.2) is 55.3 Å². The van der Waals surface area contributed by atoms with Crippen molar-refractivity contribution in [2.24, 2.45) is 5.41 Å². The molecule has 1 fully saturated rings. The molecule has 24 heavy (non-hydrogen) atoms. The quantitative estimate of drug-likeness (QED) is 0.813. The summed E-state index contributed by atoms with van der Waals surface area (Å²) in [6.45, 7) is 3.00. The Balaban J connectivity index is 2.23. The first-order chi connectivity index (χ1) is 11.4. The molecule has 1 N–H and O–H groups in total. The minimum absolute atomic E-state index is 0.0703. The molecule has 0 aromatic heterocycles. The number of carbonyl (C=O) groups excluding carboxylic acids is 1. The van der Waals surface area contributed by atoms with E-state index in [9.17, 15) is 14.7 Å². The first-order valence-electron chi connectivity index (χ1n) is 7.87. The fourth-order valence-electron chi connectivity index (χ4n) is 2.85. The van der Waals surface area contributed by atoms with Crippen molar-refractivity contribution in [3.8, 4) is 5.75 Å². The highest BCUT2D eigenvalue weighted by atomic mass is 35.5. The predicted octanol–water partition coefficient (Wildman–Crippen LogP) is 2.69. The zero-order valence-corrected chi connectivity index (χ0v) is 14.6. The van der Waals surface area contributed by atoms with Gasteiger partial charge in [0.05, 0.1) is 18.8 Å². The zero-order valence-electron chi connectivity index (χ0n) is 13.9. The molecule has 0 aliphatic carbocycles. The minimum Gasteiger partial charge on any atom is -0.493 e. The van der Waals surface area contributed by atoms with E-state index < -0.39 is 11.4 Å². The first-order valence-corrected chi connectivity index (χ1v) is 8.25. The number of methoxy groups -OCH3 is 1.